The van der Waals surface area contributed by atoms with Gasteiger partial charge < -0.3 is 19.5 Å². The van der Waals surface area contributed by atoms with Gasteiger partial charge in [0.1, 0.15) is 17.6 Å². The van der Waals surface area contributed by atoms with Crippen molar-refractivity contribution in [2.75, 3.05) is 19.7 Å². The predicted molar refractivity (Wildman–Crippen MR) is 144 cm³/mol. The number of nitrogens with zero attached hydrogens (tertiary/aromatic N) is 1. The number of fused-ring (bicyclic) bond motifs is 1. The summed E-state index contributed by atoms with van der Waals surface area (Å²) in [7, 11) is 0. The fourth-order valence-electron chi connectivity index (χ4n) is 4.23. The van der Waals surface area contributed by atoms with Crippen LogP contribution in [0, 0.1) is 0 Å². The molecule has 2 fully saturated rings. The normalized spacial score (nSPS) is 25.4. The van der Waals surface area contributed by atoms with Crippen LogP contribution < -0.4 is 14.8 Å². The molecular formula is C25H25Cl2IN2O6. The molecule has 0 spiro atoms. The SMILES string of the molecule is O=C1CC(C(=O)N[C@@H]2CCC(/C=I(=O)\N3CC(Oc4ccc(Cl)cc4)C3)OC2)Oc2ccc(Cl)cc21. The van der Waals surface area contributed by atoms with Gasteiger partial charge in [0.15, 0.2) is 31.5 Å². The van der Waals surface area contributed by atoms with Gasteiger partial charge in [0.25, 0.3) is 5.91 Å². The van der Waals surface area contributed by atoms with Crippen LogP contribution in [0.3, 0.4) is 0 Å². The molecule has 5 rings (SSSR count). The van der Waals surface area contributed by atoms with Crippen LogP contribution in [-0.2, 0) is 12.6 Å². The van der Waals surface area contributed by atoms with E-state index in [-0.39, 0.29) is 36.4 Å². The smallest absolute Gasteiger partial charge is 0.261 e. The van der Waals surface area contributed by atoms with Crippen LogP contribution >= 0.6 is 42.8 Å². The zero-order valence-corrected chi connectivity index (χ0v) is 22.9. The predicted octanol–water partition coefficient (Wildman–Crippen LogP) is 4.32. The topological polar surface area (TPSA) is 94.2 Å². The van der Waals surface area contributed by atoms with Gasteiger partial charge in [-0.1, -0.05) is 23.2 Å². The van der Waals surface area contributed by atoms with Crippen molar-refractivity contribution in [2.24, 2.45) is 0 Å². The molecule has 3 heterocycles. The molecule has 8 nitrogen and oxygen atoms in total. The summed E-state index contributed by atoms with van der Waals surface area (Å²) >= 11 is 9.18. The van der Waals surface area contributed by atoms with Gasteiger partial charge in [-0.05, 0) is 55.3 Å². The number of ketones is 1. The zero-order chi connectivity index (χ0) is 25.2. The molecule has 0 radical (unpaired) electrons. The maximum absolute atomic E-state index is 12.8. The maximum atomic E-state index is 12.8. The number of halogens is 3. The molecule has 3 atom stereocenters. The van der Waals surface area contributed by atoms with E-state index in [9.17, 15) is 12.7 Å². The summed E-state index contributed by atoms with van der Waals surface area (Å²) in [4.78, 5) is 25.1. The lowest BCUT2D eigenvalue weighted by Crippen LogP contribution is -2.50. The van der Waals surface area contributed by atoms with E-state index in [4.69, 9.17) is 37.4 Å². The van der Waals surface area contributed by atoms with Crippen LogP contribution in [0.15, 0.2) is 42.5 Å². The average Bonchev–Trinajstić information content (AvgIpc) is 2.83. The van der Waals surface area contributed by atoms with Gasteiger partial charge >= 0.3 is 0 Å². The number of Topliss-reactive ketones (excluding diaryl/α,β-unsaturated/α-hetero) is 1. The van der Waals surface area contributed by atoms with Crippen molar-refractivity contribution >= 4 is 58.5 Å². The molecular weight excluding hydrogens is 622 g/mol. The number of rotatable bonds is 6. The molecule has 2 unspecified atom stereocenters. The van der Waals surface area contributed by atoms with Crippen molar-refractivity contribution in [3.63, 3.8) is 0 Å². The Hall–Kier alpha value is -1.92. The van der Waals surface area contributed by atoms with Crippen LogP contribution in [0.2, 0.25) is 10.0 Å². The lowest BCUT2D eigenvalue weighted by atomic mass is 9.99. The first-order chi connectivity index (χ1) is 17.3. The van der Waals surface area contributed by atoms with Crippen LogP contribution in [0.5, 0.6) is 11.5 Å². The molecule has 2 aromatic carbocycles. The summed E-state index contributed by atoms with van der Waals surface area (Å²) in [6, 6.07) is 11.8. The molecule has 192 valence electrons. The van der Waals surface area contributed by atoms with Crippen LogP contribution in [0.4, 0.5) is 0 Å². The third-order valence-corrected chi connectivity index (χ3v) is 10.3. The largest absolute Gasteiger partial charge is 0.488 e. The lowest BCUT2D eigenvalue weighted by Gasteiger charge is -2.36. The van der Waals surface area contributed by atoms with Crippen molar-refractivity contribution in [1.29, 1.82) is 0 Å². The van der Waals surface area contributed by atoms with E-state index in [0.717, 1.165) is 5.75 Å². The van der Waals surface area contributed by atoms with E-state index in [1.165, 1.54) is 0 Å². The quantitative estimate of drug-likeness (QED) is 0.369. The van der Waals surface area contributed by atoms with Gasteiger partial charge in [0, 0.05) is 27.1 Å². The Morgan fingerprint density at radius 1 is 1.11 bits per heavy atom. The summed E-state index contributed by atoms with van der Waals surface area (Å²) in [5.41, 5.74) is 0.396. The Morgan fingerprint density at radius 2 is 1.86 bits per heavy atom. The minimum atomic E-state index is -2.66. The van der Waals surface area contributed by atoms with E-state index >= 15 is 0 Å². The number of ether oxygens (including phenoxy) is 3. The molecule has 1 amide bonds. The summed E-state index contributed by atoms with van der Waals surface area (Å²) in [6.07, 6.45) is 0.229. The third-order valence-electron chi connectivity index (χ3n) is 6.24. The summed E-state index contributed by atoms with van der Waals surface area (Å²) in [5.74, 6) is 0.598. The van der Waals surface area contributed by atoms with E-state index in [1.54, 1.807) is 30.3 Å². The van der Waals surface area contributed by atoms with E-state index in [1.807, 2.05) is 19.3 Å². The highest BCUT2D eigenvalue weighted by molar-refractivity contribution is 14.2. The maximum Gasteiger partial charge on any atom is 0.261 e. The van der Waals surface area contributed by atoms with Gasteiger partial charge in [-0.3, -0.25) is 12.7 Å². The molecule has 0 bridgehead atoms. The summed E-state index contributed by atoms with van der Waals surface area (Å²) in [5, 5.41) is 4.02. The highest BCUT2D eigenvalue weighted by atomic mass is 127. The van der Waals surface area contributed by atoms with Gasteiger partial charge in [-0.15, -0.1) is 0 Å². The number of hydrogen-bond acceptors (Lipinski definition) is 6. The van der Waals surface area contributed by atoms with Gasteiger partial charge in [-0.25, -0.2) is 3.11 Å². The Balaban J connectivity index is 1.06. The highest BCUT2D eigenvalue weighted by Crippen LogP contribution is 2.31. The Labute approximate surface area is 225 Å². The Bertz CT molecular complexity index is 1220. The van der Waals surface area contributed by atoms with Crippen LogP contribution in [-0.4, -0.2) is 62.9 Å². The fourth-order valence-corrected chi connectivity index (χ4v) is 7.89. The van der Waals surface area contributed by atoms with Crippen molar-refractivity contribution in [3.05, 3.63) is 58.1 Å². The van der Waals surface area contributed by atoms with Crippen LogP contribution in [0.25, 0.3) is 0 Å². The Kier molecular flexibility index (Phi) is 8.02. The van der Waals surface area contributed by atoms with Crippen molar-refractivity contribution in [3.8, 4) is 11.5 Å². The number of hydrogen-bond donors (Lipinski definition) is 1. The first-order valence-electron chi connectivity index (χ1n) is 11.6. The zero-order valence-electron chi connectivity index (χ0n) is 19.2. The van der Waals surface area contributed by atoms with E-state index in [2.05, 4.69) is 5.32 Å². The number of benzene rings is 2. The number of amides is 1. The molecule has 2 aromatic rings. The van der Waals surface area contributed by atoms with Crippen LogP contribution in [0.1, 0.15) is 29.6 Å². The minimum Gasteiger partial charge on any atom is -0.488 e. The van der Waals surface area contributed by atoms with Crippen molar-refractivity contribution in [2.45, 2.75) is 43.6 Å². The highest BCUT2D eigenvalue weighted by Gasteiger charge is 2.34. The standard InChI is InChI=1S/C25H25Cl2IN2O6/c26-15-1-5-18(6-2-15)35-20-12-30(13-20)28(33)11-19-7-4-17(14-34-19)29-25(32)24-10-22(31)21-9-16(27)3-8-23(21)36-24/h1-3,5-6,8-9,11,17,19-20,24H,4,7,10,12-14H2,(H,29,32)/t17-,19?,24?/m1/s1. The molecule has 1 N–H and O–H groups in total. The fraction of sp³-hybridized carbons (Fsp3) is 0.400. The lowest BCUT2D eigenvalue weighted by molar-refractivity contribution is -0.130. The van der Waals surface area contributed by atoms with E-state index in [0.29, 0.717) is 53.9 Å². The summed E-state index contributed by atoms with van der Waals surface area (Å²) in [6.45, 7) is 1.55. The van der Waals surface area contributed by atoms with Gasteiger partial charge in [0.2, 0.25) is 0 Å². The molecule has 2 saturated heterocycles. The monoisotopic (exact) mass is 646 g/mol. The second kappa shape index (κ2) is 11.2. The molecule has 0 aromatic heterocycles. The molecule has 0 saturated carbocycles. The third kappa shape index (κ3) is 6.13. The number of carbonyl (C=O) groups is 2. The number of carbonyl (C=O) groups excluding carboxylic acids is 2. The average molecular weight is 647 g/mol. The van der Waals surface area contributed by atoms with Crippen molar-refractivity contribution < 1.29 is 26.9 Å². The summed E-state index contributed by atoms with van der Waals surface area (Å²) < 4.78 is 34.0. The first kappa shape index (κ1) is 25.7. The number of nitrogens with one attached hydrogen (secondary N) is 1. The second-order valence-electron chi connectivity index (χ2n) is 8.93. The Morgan fingerprint density at radius 3 is 2.58 bits per heavy atom. The molecule has 11 heteroatoms. The molecule has 0 aliphatic carbocycles. The molecule has 3 aliphatic rings. The first-order valence-corrected chi connectivity index (χ1v) is 15.5. The molecule has 3 aliphatic heterocycles. The van der Waals surface area contributed by atoms with Crippen molar-refractivity contribution in [1.82, 2.24) is 8.43 Å². The molecule has 36 heavy (non-hydrogen) atoms. The second-order valence-corrected chi connectivity index (χ2v) is 13.3. The minimum absolute atomic E-state index is 0.0121. The van der Waals surface area contributed by atoms with E-state index < -0.39 is 25.7 Å². The van der Waals surface area contributed by atoms with Gasteiger partial charge in [0.05, 0.1) is 30.7 Å². The van der Waals surface area contributed by atoms with Gasteiger partial charge in [-0.2, -0.15) is 0 Å².